The Kier molecular flexibility index (Phi) is 10.5. The van der Waals surface area contributed by atoms with Crippen LogP contribution in [0.4, 0.5) is 4.79 Å². The quantitative estimate of drug-likeness (QED) is 0.391. The lowest BCUT2D eigenvalue weighted by molar-refractivity contribution is -0.125. The molecule has 7 heteroatoms. The van der Waals surface area contributed by atoms with Gasteiger partial charge in [0.2, 0.25) is 5.91 Å². The summed E-state index contributed by atoms with van der Waals surface area (Å²) in [5.41, 5.74) is 0.397. The third-order valence-electron chi connectivity index (χ3n) is 5.74. The molecule has 1 aromatic carbocycles. The minimum atomic E-state index is -0.827. The molecule has 0 aliphatic heterocycles. The second kappa shape index (κ2) is 12.8. The third-order valence-corrected chi connectivity index (χ3v) is 5.74. The van der Waals surface area contributed by atoms with Gasteiger partial charge in [-0.15, -0.1) is 0 Å². The van der Waals surface area contributed by atoms with Gasteiger partial charge in [0, 0.05) is 19.1 Å². The fraction of sp³-hybridized carbons (Fsp3) is 0.680. The summed E-state index contributed by atoms with van der Waals surface area (Å²) in [4.78, 5) is 24.9. The van der Waals surface area contributed by atoms with Crippen LogP contribution in [0.2, 0.25) is 0 Å². The number of carbonyl (C=O) groups excluding carboxylic acids is 2. The molecule has 2 rings (SSSR count). The highest BCUT2D eigenvalue weighted by atomic mass is 16.6. The summed E-state index contributed by atoms with van der Waals surface area (Å²) in [7, 11) is 0. The highest BCUT2D eigenvalue weighted by molar-refractivity contribution is 5.79. The largest absolute Gasteiger partial charge is 0.444 e. The van der Waals surface area contributed by atoms with Crippen LogP contribution >= 0.6 is 0 Å². The predicted molar refractivity (Wildman–Crippen MR) is 126 cm³/mol. The van der Waals surface area contributed by atoms with E-state index in [4.69, 9.17) is 4.74 Å². The maximum atomic E-state index is 12.5. The molecule has 1 saturated carbocycles. The van der Waals surface area contributed by atoms with E-state index in [-0.39, 0.29) is 24.4 Å². The number of unbranched alkanes of at least 4 members (excludes halogenated alkanes) is 1. The van der Waals surface area contributed by atoms with Crippen molar-refractivity contribution >= 4 is 12.0 Å². The SMILES string of the molecule is CCCCNC(=O)C1CCCC1NC[C@@H](O)[C@@H](Cc1ccccc1)NC(=O)OC(C)(C)C. The lowest BCUT2D eigenvalue weighted by atomic mass is 9.99. The second-order valence-electron chi connectivity index (χ2n) is 9.71. The van der Waals surface area contributed by atoms with Gasteiger partial charge in [0.1, 0.15) is 5.60 Å². The van der Waals surface area contributed by atoms with Gasteiger partial charge in [-0.05, 0) is 52.0 Å². The van der Waals surface area contributed by atoms with Crippen LogP contribution in [0.1, 0.15) is 65.4 Å². The van der Waals surface area contributed by atoms with E-state index in [2.05, 4.69) is 22.9 Å². The molecule has 1 fully saturated rings. The van der Waals surface area contributed by atoms with Gasteiger partial charge in [-0.1, -0.05) is 50.1 Å². The Morgan fingerprint density at radius 1 is 1.19 bits per heavy atom. The number of rotatable bonds is 11. The maximum absolute atomic E-state index is 12.5. The minimum absolute atomic E-state index is 0.0326. The fourth-order valence-electron chi connectivity index (χ4n) is 4.06. The van der Waals surface area contributed by atoms with Gasteiger partial charge < -0.3 is 25.8 Å². The Hall–Kier alpha value is -2.12. The van der Waals surface area contributed by atoms with Gasteiger partial charge >= 0.3 is 6.09 Å². The molecular formula is C25H41N3O4. The van der Waals surface area contributed by atoms with Gasteiger partial charge in [-0.25, -0.2) is 4.79 Å². The number of alkyl carbamates (subject to hydrolysis) is 1. The van der Waals surface area contributed by atoms with Crippen molar-refractivity contribution < 1.29 is 19.4 Å². The molecule has 0 radical (unpaired) electrons. The van der Waals surface area contributed by atoms with E-state index in [9.17, 15) is 14.7 Å². The van der Waals surface area contributed by atoms with Gasteiger partial charge in [-0.3, -0.25) is 4.79 Å². The number of nitrogens with one attached hydrogen (secondary N) is 3. The zero-order chi connectivity index (χ0) is 23.6. The molecule has 2 amide bonds. The molecule has 180 valence electrons. The van der Waals surface area contributed by atoms with Crippen LogP contribution in [0.3, 0.4) is 0 Å². The number of hydrogen-bond acceptors (Lipinski definition) is 5. The number of amides is 2. The molecule has 7 nitrogen and oxygen atoms in total. The number of aliphatic hydroxyl groups excluding tert-OH is 1. The number of ether oxygens (including phenoxy) is 1. The molecule has 1 aromatic rings. The molecule has 32 heavy (non-hydrogen) atoms. The summed E-state index contributed by atoms with van der Waals surface area (Å²) in [5, 5.41) is 20.2. The van der Waals surface area contributed by atoms with Gasteiger partial charge in [0.25, 0.3) is 0 Å². The summed E-state index contributed by atoms with van der Waals surface area (Å²) in [5.74, 6) is 0.0149. The monoisotopic (exact) mass is 447 g/mol. The molecule has 2 unspecified atom stereocenters. The molecule has 0 bridgehead atoms. The van der Waals surface area contributed by atoms with Crippen LogP contribution in [0, 0.1) is 5.92 Å². The Bertz CT molecular complexity index is 705. The van der Waals surface area contributed by atoms with Gasteiger partial charge in [-0.2, -0.15) is 0 Å². The van der Waals surface area contributed by atoms with E-state index < -0.39 is 23.8 Å². The van der Waals surface area contributed by atoms with Crippen LogP contribution < -0.4 is 16.0 Å². The Morgan fingerprint density at radius 3 is 2.56 bits per heavy atom. The molecular weight excluding hydrogens is 406 g/mol. The van der Waals surface area contributed by atoms with E-state index in [0.717, 1.165) is 37.7 Å². The van der Waals surface area contributed by atoms with Crippen molar-refractivity contribution in [3.05, 3.63) is 35.9 Å². The molecule has 0 heterocycles. The average molecular weight is 448 g/mol. The van der Waals surface area contributed by atoms with Crippen LogP contribution in [-0.2, 0) is 16.0 Å². The van der Waals surface area contributed by atoms with Crippen molar-refractivity contribution in [2.45, 2.75) is 90.0 Å². The van der Waals surface area contributed by atoms with Crippen molar-refractivity contribution in [1.82, 2.24) is 16.0 Å². The summed E-state index contributed by atoms with van der Waals surface area (Å²) in [6, 6.07) is 9.26. The standard InChI is InChI=1S/C25H41N3O4/c1-5-6-15-26-23(30)19-13-10-14-20(19)27-17-22(29)21(16-18-11-8-7-9-12-18)28-24(31)32-25(2,3)4/h7-9,11-12,19-22,27,29H,5-6,10,13-17H2,1-4H3,(H,26,30)(H,28,31)/t19?,20?,21-,22-/m1/s1. The fourth-order valence-corrected chi connectivity index (χ4v) is 4.06. The van der Waals surface area contributed by atoms with Gasteiger partial charge in [0.15, 0.2) is 0 Å². The normalized spacial score (nSPS) is 20.4. The zero-order valence-electron chi connectivity index (χ0n) is 20.0. The van der Waals surface area contributed by atoms with Crippen LogP contribution in [-0.4, -0.2) is 54.0 Å². The molecule has 4 N–H and O–H groups in total. The zero-order valence-corrected chi connectivity index (χ0v) is 20.0. The first-order chi connectivity index (χ1) is 15.2. The molecule has 1 aliphatic rings. The highest BCUT2D eigenvalue weighted by Gasteiger charge is 2.33. The third kappa shape index (κ3) is 9.17. The van der Waals surface area contributed by atoms with Crippen molar-refractivity contribution in [2.75, 3.05) is 13.1 Å². The summed E-state index contributed by atoms with van der Waals surface area (Å²) in [6.07, 6.45) is 3.88. The van der Waals surface area contributed by atoms with Crippen molar-refractivity contribution in [1.29, 1.82) is 0 Å². The summed E-state index contributed by atoms with van der Waals surface area (Å²) >= 11 is 0. The summed E-state index contributed by atoms with van der Waals surface area (Å²) in [6.45, 7) is 8.52. The second-order valence-corrected chi connectivity index (χ2v) is 9.71. The predicted octanol–water partition coefficient (Wildman–Crippen LogP) is 3.16. The molecule has 0 aromatic heterocycles. The first kappa shape index (κ1) is 26.1. The van der Waals surface area contributed by atoms with E-state index in [1.54, 1.807) is 0 Å². The van der Waals surface area contributed by atoms with Crippen LogP contribution in [0.25, 0.3) is 0 Å². The van der Waals surface area contributed by atoms with Gasteiger partial charge in [0.05, 0.1) is 18.1 Å². The lowest BCUT2D eigenvalue weighted by Crippen LogP contribution is -2.52. The minimum Gasteiger partial charge on any atom is -0.444 e. The van der Waals surface area contributed by atoms with Crippen LogP contribution in [0.5, 0.6) is 0 Å². The molecule has 0 spiro atoms. The Labute approximate surface area is 192 Å². The number of benzene rings is 1. The van der Waals surface area contributed by atoms with Crippen molar-refractivity contribution in [2.24, 2.45) is 5.92 Å². The Morgan fingerprint density at radius 2 is 1.91 bits per heavy atom. The topological polar surface area (TPSA) is 99.7 Å². The number of aliphatic hydroxyl groups is 1. The molecule has 4 atom stereocenters. The van der Waals surface area contributed by atoms with Crippen LogP contribution in [0.15, 0.2) is 30.3 Å². The first-order valence-corrected chi connectivity index (χ1v) is 11.9. The van der Waals surface area contributed by atoms with E-state index in [0.29, 0.717) is 13.0 Å². The lowest BCUT2D eigenvalue weighted by Gasteiger charge is -2.28. The smallest absolute Gasteiger partial charge is 0.407 e. The van der Waals surface area contributed by atoms with Crippen molar-refractivity contribution in [3.63, 3.8) is 0 Å². The van der Waals surface area contributed by atoms with Crippen molar-refractivity contribution in [3.8, 4) is 0 Å². The number of carbonyl (C=O) groups is 2. The van der Waals surface area contributed by atoms with E-state index in [1.807, 2.05) is 51.1 Å². The maximum Gasteiger partial charge on any atom is 0.407 e. The first-order valence-electron chi connectivity index (χ1n) is 11.9. The van der Waals surface area contributed by atoms with E-state index >= 15 is 0 Å². The molecule has 0 saturated heterocycles. The number of hydrogen-bond donors (Lipinski definition) is 4. The van der Waals surface area contributed by atoms with E-state index in [1.165, 1.54) is 0 Å². The Balaban J connectivity index is 1.96. The highest BCUT2D eigenvalue weighted by Crippen LogP contribution is 2.26. The average Bonchev–Trinajstić information content (AvgIpc) is 3.20. The summed E-state index contributed by atoms with van der Waals surface area (Å²) < 4.78 is 5.39. The molecule has 1 aliphatic carbocycles.